The van der Waals surface area contributed by atoms with E-state index in [1.54, 1.807) is 0 Å². The van der Waals surface area contributed by atoms with E-state index in [1.807, 2.05) is 0 Å². The monoisotopic (exact) mass is 270 g/mol. The Hall–Kier alpha value is 0.544. The minimum absolute atomic E-state index is 0. The number of hydrogen-bond acceptors (Lipinski definition) is 2. The first-order valence-corrected chi connectivity index (χ1v) is 4.81. The summed E-state index contributed by atoms with van der Waals surface area (Å²) in [7, 11) is 0. The van der Waals surface area contributed by atoms with Gasteiger partial charge in [0.1, 0.15) is 0 Å². The number of carbonyl (C=O) groups excluding carboxylic acids is 1. The number of ether oxygens (including phenoxy) is 1. The van der Waals surface area contributed by atoms with E-state index < -0.39 is 10.5 Å². The predicted octanol–water partition coefficient (Wildman–Crippen LogP) is 3.26. The number of esters is 1. The second kappa shape index (κ2) is 7.90. The van der Waals surface area contributed by atoms with Crippen molar-refractivity contribution in [1.82, 2.24) is 0 Å². The van der Waals surface area contributed by atoms with Crippen LogP contribution in [0.3, 0.4) is 0 Å². The van der Waals surface area contributed by atoms with Gasteiger partial charge in [-0.1, -0.05) is 43.0 Å². The molecule has 13 heavy (non-hydrogen) atoms. The Labute approximate surface area is 99.2 Å². The van der Waals surface area contributed by atoms with Gasteiger partial charge in [0.2, 0.25) is 0 Å². The van der Waals surface area contributed by atoms with Crippen molar-refractivity contribution >= 4 is 29.2 Å². The number of rotatable bonds is 5. The van der Waals surface area contributed by atoms with Gasteiger partial charge in [0.15, 0.2) is 0 Å². The van der Waals surface area contributed by atoms with Crippen molar-refractivity contribution in [1.29, 1.82) is 0 Å². The van der Waals surface area contributed by atoms with E-state index in [-0.39, 0.29) is 16.5 Å². The summed E-state index contributed by atoms with van der Waals surface area (Å²) in [6.45, 7) is 3.37. The average Bonchev–Trinajstić information content (AvgIpc) is 1.84. The van der Waals surface area contributed by atoms with E-state index >= 15 is 0 Å². The van der Waals surface area contributed by atoms with E-state index in [9.17, 15) is 4.79 Å². The summed E-state index contributed by atoms with van der Waals surface area (Å²) in [6, 6.07) is 0. The molecule has 0 amide bonds. The largest absolute Gasteiger partial charge is 0.429 e. The first-order chi connectivity index (χ1) is 5.48. The van der Waals surface area contributed by atoms with Crippen molar-refractivity contribution in [2.75, 3.05) is 0 Å². The molecule has 0 atom stereocenters. The summed E-state index contributed by atoms with van der Waals surface area (Å²) < 4.78 is 3.34. The van der Waals surface area contributed by atoms with E-state index in [0.29, 0.717) is 6.42 Å². The van der Waals surface area contributed by atoms with Crippen LogP contribution in [-0.4, -0.2) is 10.5 Å². The smallest absolute Gasteiger partial charge is 0.305 e. The third kappa shape index (κ3) is 10.5. The van der Waals surface area contributed by atoms with Crippen LogP contribution >= 0.6 is 23.2 Å². The molecule has 0 fully saturated rings. The van der Waals surface area contributed by atoms with Gasteiger partial charge >= 0.3 is 5.97 Å². The molecule has 0 rings (SSSR count). The van der Waals surface area contributed by atoms with E-state index in [2.05, 4.69) is 11.7 Å². The van der Waals surface area contributed by atoms with Crippen molar-refractivity contribution < 1.29 is 26.0 Å². The van der Waals surface area contributed by atoms with Gasteiger partial charge in [-0.3, -0.25) is 4.79 Å². The molecule has 0 aliphatic carbocycles. The summed E-state index contributed by atoms with van der Waals surface area (Å²) in [5.41, 5.74) is 0. The Bertz CT molecular complexity index is 151. The van der Waals surface area contributed by atoms with Crippen LogP contribution in [0.4, 0.5) is 0 Å². The van der Waals surface area contributed by atoms with Crippen LogP contribution in [-0.2, 0) is 26.0 Å². The second-order valence-corrected chi connectivity index (χ2v) is 4.10. The first kappa shape index (κ1) is 16.0. The van der Waals surface area contributed by atoms with E-state index in [0.717, 1.165) is 19.3 Å². The van der Waals surface area contributed by atoms with E-state index in [1.165, 1.54) is 6.92 Å². The molecule has 2 nitrogen and oxygen atoms in total. The fraction of sp³-hybridized carbons (Fsp3) is 0.875. The molecule has 0 aromatic heterocycles. The number of alkyl halides is 2. The normalized spacial score (nSPS) is 10.5. The zero-order chi connectivity index (χ0) is 9.61. The maximum atomic E-state index is 10.5. The van der Waals surface area contributed by atoms with Crippen molar-refractivity contribution in [2.24, 2.45) is 0 Å². The van der Waals surface area contributed by atoms with Gasteiger partial charge in [-0.05, 0) is 6.42 Å². The number of unbranched alkanes of at least 4 members (excludes halogenated alkanes) is 2. The van der Waals surface area contributed by atoms with Crippen molar-refractivity contribution in [3.8, 4) is 0 Å². The molecule has 5 heteroatoms. The molecule has 0 bridgehead atoms. The van der Waals surface area contributed by atoms with Gasteiger partial charge in [-0.15, -0.1) is 0 Å². The number of halogens is 2. The third-order valence-corrected chi connectivity index (χ3v) is 1.90. The molecule has 0 N–H and O–H groups in total. The maximum Gasteiger partial charge on any atom is 0.305 e. The summed E-state index contributed by atoms with van der Waals surface area (Å²) in [4.78, 5) is 10.5. The van der Waals surface area contributed by atoms with Gasteiger partial charge in [0.25, 0.3) is 4.52 Å². The van der Waals surface area contributed by atoms with Crippen molar-refractivity contribution in [3.05, 3.63) is 0 Å². The predicted molar refractivity (Wildman–Crippen MR) is 50.3 cm³/mol. The third-order valence-electron chi connectivity index (χ3n) is 1.36. The minimum Gasteiger partial charge on any atom is -0.429 e. The van der Waals surface area contributed by atoms with Gasteiger partial charge in [-0.2, -0.15) is 0 Å². The van der Waals surface area contributed by atoms with Crippen molar-refractivity contribution in [3.63, 3.8) is 0 Å². The molecule has 0 saturated carbocycles. The Morgan fingerprint density at radius 3 is 2.31 bits per heavy atom. The first-order valence-electron chi connectivity index (χ1n) is 4.05. The quantitative estimate of drug-likeness (QED) is 0.332. The SMILES string of the molecule is CCCCCC(Cl)(Cl)OC(C)=O.[Ni]. The summed E-state index contributed by atoms with van der Waals surface area (Å²) in [5, 5.41) is 0. The van der Waals surface area contributed by atoms with Crippen LogP contribution < -0.4 is 0 Å². The van der Waals surface area contributed by atoms with Gasteiger partial charge in [0, 0.05) is 29.8 Å². The number of carbonyl (C=O) groups is 1. The zero-order valence-electron chi connectivity index (χ0n) is 7.72. The molecule has 0 aliphatic rings. The molecule has 0 aliphatic heterocycles. The molecule has 0 heterocycles. The van der Waals surface area contributed by atoms with Crippen LogP contribution in [0, 0.1) is 0 Å². The molecule has 0 saturated heterocycles. The molecule has 0 unspecified atom stereocenters. The van der Waals surface area contributed by atoms with Crippen molar-refractivity contribution in [2.45, 2.75) is 44.1 Å². The fourth-order valence-corrected chi connectivity index (χ4v) is 1.33. The zero-order valence-corrected chi connectivity index (χ0v) is 10.2. The minimum atomic E-state index is -1.33. The van der Waals surface area contributed by atoms with Gasteiger partial charge in [0.05, 0.1) is 0 Å². The molecule has 0 spiro atoms. The molecular weight excluding hydrogens is 258 g/mol. The standard InChI is InChI=1S/C8H14Cl2O2.Ni/c1-3-4-5-6-8(9,10)12-7(2)11;/h3-6H2,1-2H3;. The molecule has 82 valence electrons. The molecule has 0 aromatic carbocycles. The Kier molecular flexibility index (Phi) is 9.72. The Morgan fingerprint density at radius 1 is 1.38 bits per heavy atom. The van der Waals surface area contributed by atoms with Gasteiger partial charge in [-0.25, -0.2) is 0 Å². The second-order valence-electron chi connectivity index (χ2n) is 2.69. The van der Waals surface area contributed by atoms with E-state index in [4.69, 9.17) is 23.2 Å². The molecule has 0 radical (unpaired) electrons. The molecule has 0 aromatic rings. The maximum absolute atomic E-state index is 10.5. The summed E-state index contributed by atoms with van der Waals surface area (Å²) >= 11 is 11.4. The molecular formula is C8H14Cl2NiO2. The van der Waals surface area contributed by atoms with Crippen LogP contribution in [0.5, 0.6) is 0 Å². The van der Waals surface area contributed by atoms with Crippen LogP contribution in [0.2, 0.25) is 0 Å². The Balaban J connectivity index is 0. The van der Waals surface area contributed by atoms with Gasteiger partial charge < -0.3 is 4.74 Å². The Morgan fingerprint density at radius 2 is 1.92 bits per heavy atom. The van der Waals surface area contributed by atoms with Crippen LogP contribution in [0.25, 0.3) is 0 Å². The average molecular weight is 272 g/mol. The fourth-order valence-electron chi connectivity index (χ4n) is 0.842. The van der Waals surface area contributed by atoms with Crippen LogP contribution in [0.1, 0.15) is 39.5 Å². The van der Waals surface area contributed by atoms with Crippen LogP contribution in [0.15, 0.2) is 0 Å². The number of hydrogen-bond donors (Lipinski definition) is 0. The topological polar surface area (TPSA) is 26.3 Å². The summed E-state index contributed by atoms with van der Waals surface area (Å²) in [6.07, 6.45) is 3.49. The summed E-state index contributed by atoms with van der Waals surface area (Å²) in [5.74, 6) is -0.448.